The summed E-state index contributed by atoms with van der Waals surface area (Å²) >= 11 is 0. The molecule has 0 aromatic heterocycles. The maximum atomic E-state index is 13.1. The first-order chi connectivity index (χ1) is 13.1. The second-order valence-corrected chi connectivity index (χ2v) is 7.79. The number of methoxy groups -OCH3 is 1. The monoisotopic (exact) mass is 417 g/mol. The van der Waals surface area contributed by atoms with Crippen LogP contribution in [0.4, 0.5) is 13.2 Å². The zero-order valence-corrected chi connectivity index (χ0v) is 15.9. The standard InChI is InChI=1S/C18H18F3NO5S/c1-12-6-8-14(9-7-12)28(23,24)27-22-10-13(11-22)26-16-5-3-4-15(17(16)25-2)18(19,20)21/h3-9,13H,10-11H2,1-2H3. The number of hydrogen-bond donors (Lipinski definition) is 0. The Kier molecular flexibility index (Phi) is 5.55. The molecule has 0 bridgehead atoms. The van der Waals surface area contributed by atoms with Crippen molar-refractivity contribution in [3.05, 3.63) is 53.6 Å². The van der Waals surface area contributed by atoms with E-state index in [-0.39, 0.29) is 23.7 Å². The topological polar surface area (TPSA) is 65.1 Å². The molecule has 1 aliphatic heterocycles. The minimum Gasteiger partial charge on any atom is -0.492 e. The Morgan fingerprint density at radius 3 is 2.29 bits per heavy atom. The Bertz CT molecular complexity index is 939. The van der Waals surface area contributed by atoms with Crippen LogP contribution in [0.25, 0.3) is 0 Å². The van der Waals surface area contributed by atoms with Crippen molar-refractivity contribution in [2.45, 2.75) is 24.1 Å². The summed E-state index contributed by atoms with van der Waals surface area (Å²) in [6, 6.07) is 9.65. The maximum Gasteiger partial charge on any atom is 0.420 e. The van der Waals surface area contributed by atoms with E-state index in [0.717, 1.165) is 18.7 Å². The number of hydrogen-bond acceptors (Lipinski definition) is 6. The molecule has 1 heterocycles. The van der Waals surface area contributed by atoms with Gasteiger partial charge in [0.2, 0.25) is 0 Å². The quantitative estimate of drug-likeness (QED) is 0.718. The Labute approximate surface area is 160 Å². The highest BCUT2D eigenvalue weighted by Crippen LogP contribution is 2.42. The third kappa shape index (κ3) is 4.40. The molecule has 2 aromatic carbocycles. The molecule has 0 radical (unpaired) electrons. The smallest absolute Gasteiger partial charge is 0.420 e. The number of halogens is 3. The molecular weight excluding hydrogens is 399 g/mol. The van der Waals surface area contributed by atoms with Crippen LogP contribution in [0.3, 0.4) is 0 Å². The number of aryl methyl sites for hydroxylation is 1. The molecule has 0 atom stereocenters. The molecular formula is C18H18F3NO5S. The van der Waals surface area contributed by atoms with Crippen LogP contribution >= 0.6 is 0 Å². The van der Waals surface area contributed by atoms with Crippen LogP contribution in [0.5, 0.6) is 11.5 Å². The summed E-state index contributed by atoms with van der Waals surface area (Å²) in [5.41, 5.74) is -0.0340. The predicted octanol–water partition coefficient (Wildman–Crippen LogP) is 3.41. The van der Waals surface area contributed by atoms with Gasteiger partial charge in [-0.1, -0.05) is 23.8 Å². The van der Waals surface area contributed by atoms with E-state index in [2.05, 4.69) is 0 Å². The van der Waals surface area contributed by atoms with Gasteiger partial charge in [-0.3, -0.25) is 0 Å². The van der Waals surface area contributed by atoms with E-state index in [1.165, 1.54) is 29.3 Å². The number of para-hydroxylation sites is 1. The fourth-order valence-electron chi connectivity index (χ4n) is 2.64. The molecule has 10 heteroatoms. The molecule has 3 rings (SSSR count). The van der Waals surface area contributed by atoms with Crippen molar-refractivity contribution in [2.24, 2.45) is 0 Å². The van der Waals surface area contributed by atoms with Crippen molar-refractivity contribution in [1.82, 2.24) is 5.06 Å². The van der Waals surface area contributed by atoms with E-state index in [1.54, 1.807) is 12.1 Å². The highest BCUT2D eigenvalue weighted by Gasteiger charge is 2.38. The van der Waals surface area contributed by atoms with Crippen LogP contribution in [0.2, 0.25) is 0 Å². The van der Waals surface area contributed by atoms with E-state index in [4.69, 9.17) is 13.8 Å². The minimum atomic E-state index is -4.58. The lowest BCUT2D eigenvalue weighted by atomic mass is 10.1. The van der Waals surface area contributed by atoms with Gasteiger partial charge in [-0.2, -0.15) is 30.9 Å². The van der Waals surface area contributed by atoms with Crippen molar-refractivity contribution in [3.63, 3.8) is 0 Å². The molecule has 0 unspecified atom stereocenters. The van der Waals surface area contributed by atoms with Crippen LogP contribution in [0.15, 0.2) is 47.4 Å². The average molecular weight is 417 g/mol. The molecule has 0 N–H and O–H groups in total. The second-order valence-electron chi connectivity index (χ2n) is 6.26. The molecule has 28 heavy (non-hydrogen) atoms. The van der Waals surface area contributed by atoms with Crippen molar-refractivity contribution in [2.75, 3.05) is 20.2 Å². The molecule has 2 aromatic rings. The van der Waals surface area contributed by atoms with Gasteiger partial charge in [-0.05, 0) is 31.2 Å². The Balaban J connectivity index is 1.63. The Morgan fingerprint density at radius 1 is 1.07 bits per heavy atom. The van der Waals surface area contributed by atoms with Gasteiger partial charge in [0.25, 0.3) is 0 Å². The van der Waals surface area contributed by atoms with Crippen LogP contribution < -0.4 is 9.47 Å². The van der Waals surface area contributed by atoms with E-state index >= 15 is 0 Å². The molecule has 1 saturated heterocycles. The summed E-state index contributed by atoms with van der Waals surface area (Å²) < 4.78 is 79.0. The van der Waals surface area contributed by atoms with E-state index in [0.29, 0.717) is 0 Å². The number of nitrogens with zero attached hydrogens (tertiary/aromatic N) is 1. The summed E-state index contributed by atoms with van der Waals surface area (Å²) in [4.78, 5) is 0.0158. The van der Waals surface area contributed by atoms with Crippen LogP contribution in [-0.4, -0.2) is 39.8 Å². The number of rotatable bonds is 6. The first-order valence-corrected chi connectivity index (χ1v) is 9.68. The normalized spacial score (nSPS) is 15.9. The van der Waals surface area contributed by atoms with E-state index < -0.39 is 33.7 Å². The van der Waals surface area contributed by atoms with Gasteiger partial charge in [0.15, 0.2) is 11.5 Å². The summed E-state index contributed by atoms with van der Waals surface area (Å²) in [5, 5.41) is 1.17. The van der Waals surface area contributed by atoms with Gasteiger partial charge in [-0.15, -0.1) is 0 Å². The lowest BCUT2D eigenvalue weighted by Gasteiger charge is -2.37. The maximum absolute atomic E-state index is 13.1. The molecule has 0 saturated carbocycles. The van der Waals surface area contributed by atoms with Crippen LogP contribution in [0, 0.1) is 6.92 Å². The highest BCUT2D eigenvalue weighted by atomic mass is 32.2. The lowest BCUT2D eigenvalue weighted by molar-refractivity contribution is -0.155. The summed E-state index contributed by atoms with van der Waals surface area (Å²) in [5.74, 6) is -0.481. The fraction of sp³-hybridized carbons (Fsp3) is 0.333. The number of alkyl halides is 3. The number of benzene rings is 2. The SMILES string of the molecule is COc1c(OC2CN(OS(=O)(=O)c3ccc(C)cc3)C2)cccc1C(F)(F)F. The molecule has 152 valence electrons. The van der Waals surface area contributed by atoms with Gasteiger partial charge in [-0.25, -0.2) is 0 Å². The van der Waals surface area contributed by atoms with Crippen LogP contribution in [-0.2, 0) is 20.6 Å². The van der Waals surface area contributed by atoms with Crippen molar-refractivity contribution >= 4 is 10.1 Å². The molecule has 1 fully saturated rings. The summed E-state index contributed by atoms with van der Waals surface area (Å²) in [7, 11) is -2.85. The summed E-state index contributed by atoms with van der Waals surface area (Å²) in [6.45, 7) is 1.98. The Morgan fingerprint density at radius 2 is 1.71 bits per heavy atom. The first kappa shape index (κ1) is 20.4. The molecule has 1 aliphatic rings. The molecule has 0 spiro atoms. The second kappa shape index (κ2) is 7.61. The van der Waals surface area contributed by atoms with Crippen molar-refractivity contribution in [3.8, 4) is 11.5 Å². The fourth-order valence-corrected chi connectivity index (χ4v) is 3.60. The molecule has 6 nitrogen and oxygen atoms in total. The zero-order chi connectivity index (χ0) is 20.5. The van der Waals surface area contributed by atoms with E-state index in [1.807, 2.05) is 6.92 Å². The van der Waals surface area contributed by atoms with Crippen molar-refractivity contribution < 1.29 is 35.3 Å². The predicted molar refractivity (Wildman–Crippen MR) is 93.4 cm³/mol. The molecule has 0 aliphatic carbocycles. The molecule has 0 amide bonds. The van der Waals surface area contributed by atoms with Crippen LogP contribution in [0.1, 0.15) is 11.1 Å². The summed E-state index contributed by atoms with van der Waals surface area (Å²) in [6.07, 6.45) is -5.12. The lowest BCUT2D eigenvalue weighted by Crippen LogP contribution is -2.54. The largest absolute Gasteiger partial charge is 0.492 e. The van der Waals surface area contributed by atoms with Gasteiger partial charge in [0, 0.05) is 0 Å². The number of hydroxylamine groups is 2. The third-order valence-corrected chi connectivity index (χ3v) is 5.37. The first-order valence-electron chi connectivity index (χ1n) is 8.27. The minimum absolute atomic E-state index is 0.0158. The number of ether oxygens (including phenoxy) is 2. The van der Waals surface area contributed by atoms with Crippen molar-refractivity contribution in [1.29, 1.82) is 0 Å². The van der Waals surface area contributed by atoms with Gasteiger partial charge in [0.1, 0.15) is 11.7 Å². The average Bonchev–Trinajstić information content (AvgIpc) is 2.59. The zero-order valence-electron chi connectivity index (χ0n) is 15.1. The van der Waals surface area contributed by atoms with Gasteiger partial charge < -0.3 is 9.47 Å². The van der Waals surface area contributed by atoms with Gasteiger partial charge >= 0.3 is 16.3 Å². The highest BCUT2D eigenvalue weighted by molar-refractivity contribution is 7.86. The Hall–Kier alpha value is -2.30. The van der Waals surface area contributed by atoms with Gasteiger partial charge in [0.05, 0.1) is 25.1 Å². The third-order valence-electron chi connectivity index (χ3n) is 4.11. The van der Waals surface area contributed by atoms with E-state index in [9.17, 15) is 21.6 Å².